The quantitative estimate of drug-likeness (QED) is 0.627. The second-order valence-corrected chi connectivity index (χ2v) is 9.14. The zero-order chi connectivity index (χ0) is 21.1. The Morgan fingerprint density at radius 1 is 0.933 bits per heavy atom. The molecule has 1 aliphatic heterocycles. The number of rotatable bonds is 5. The zero-order valence-electron chi connectivity index (χ0n) is 17.0. The lowest BCUT2D eigenvalue weighted by Crippen LogP contribution is -2.48. The highest BCUT2D eigenvalue weighted by molar-refractivity contribution is 7.89. The molecule has 2 heterocycles. The van der Waals surface area contributed by atoms with E-state index in [1.54, 1.807) is 35.9 Å². The number of benzene rings is 2. The summed E-state index contributed by atoms with van der Waals surface area (Å²) in [5.41, 5.74) is 2.72. The van der Waals surface area contributed by atoms with Gasteiger partial charge in [0.1, 0.15) is 17.9 Å². The summed E-state index contributed by atoms with van der Waals surface area (Å²) in [4.78, 5) is 11.2. The van der Waals surface area contributed by atoms with Crippen LogP contribution < -0.4 is 9.64 Å². The molecule has 0 amide bonds. The first-order valence-corrected chi connectivity index (χ1v) is 11.2. The van der Waals surface area contributed by atoms with Gasteiger partial charge in [-0.1, -0.05) is 12.1 Å². The molecule has 0 atom stereocenters. The molecule has 1 saturated heterocycles. The van der Waals surface area contributed by atoms with E-state index in [0.717, 1.165) is 28.4 Å². The van der Waals surface area contributed by atoms with Gasteiger partial charge < -0.3 is 9.64 Å². The van der Waals surface area contributed by atoms with Gasteiger partial charge in [0.15, 0.2) is 0 Å². The summed E-state index contributed by atoms with van der Waals surface area (Å²) in [6.07, 6.45) is 1.55. The predicted octanol–water partition coefficient (Wildman–Crippen LogP) is 2.97. The summed E-state index contributed by atoms with van der Waals surface area (Å²) in [5, 5.41) is 0. The van der Waals surface area contributed by atoms with E-state index >= 15 is 0 Å². The Bertz CT molecular complexity index is 1130. The number of aryl methyl sites for hydroxylation is 1. The highest BCUT2D eigenvalue weighted by Crippen LogP contribution is 2.25. The summed E-state index contributed by atoms with van der Waals surface area (Å²) < 4.78 is 32.6. The van der Waals surface area contributed by atoms with Crippen molar-refractivity contribution in [3.63, 3.8) is 0 Å². The van der Waals surface area contributed by atoms with Crippen LogP contribution in [0.1, 0.15) is 5.56 Å². The van der Waals surface area contributed by atoms with Gasteiger partial charge in [-0.3, -0.25) is 0 Å². The number of ether oxygens (including phenoxy) is 1. The van der Waals surface area contributed by atoms with Gasteiger partial charge >= 0.3 is 0 Å². The Morgan fingerprint density at radius 2 is 1.67 bits per heavy atom. The van der Waals surface area contributed by atoms with Crippen LogP contribution in [0.25, 0.3) is 11.3 Å². The summed E-state index contributed by atoms with van der Waals surface area (Å²) in [6, 6.07) is 16.7. The van der Waals surface area contributed by atoms with Crippen LogP contribution in [0.5, 0.6) is 5.75 Å². The van der Waals surface area contributed by atoms with Gasteiger partial charge in [-0.15, -0.1) is 0 Å². The second kappa shape index (κ2) is 8.41. The molecule has 0 radical (unpaired) electrons. The summed E-state index contributed by atoms with van der Waals surface area (Å²) >= 11 is 0. The minimum Gasteiger partial charge on any atom is -0.497 e. The largest absolute Gasteiger partial charge is 0.497 e. The van der Waals surface area contributed by atoms with Crippen molar-refractivity contribution in [2.75, 3.05) is 38.2 Å². The molecule has 1 fully saturated rings. The van der Waals surface area contributed by atoms with Crippen molar-refractivity contribution in [2.45, 2.75) is 11.8 Å². The first-order chi connectivity index (χ1) is 14.5. The van der Waals surface area contributed by atoms with Gasteiger partial charge in [0, 0.05) is 37.8 Å². The van der Waals surface area contributed by atoms with E-state index in [9.17, 15) is 8.42 Å². The maximum absolute atomic E-state index is 12.9. The highest BCUT2D eigenvalue weighted by Gasteiger charge is 2.29. The van der Waals surface area contributed by atoms with Gasteiger partial charge in [0.25, 0.3) is 0 Å². The molecule has 1 aromatic heterocycles. The Morgan fingerprint density at radius 3 is 2.33 bits per heavy atom. The average molecular weight is 425 g/mol. The number of nitrogens with zero attached hydrogens (tertiary/aromatic N) is 4. The second-order valence-electron chi connectivity index (χ2n) is 7.20. The molecular formula is C22H24N4O3S. The van der Waals surface area contributed by atoms with E-state index in [0.29, 0.717) is 31.1 Å². The smallest absolute Gasteiger partial charge is 0.243 e. The lowest BCUT2D eigenvalue weighted by Gasteiger charge is -2.34. The molecule has 0 unspecified atom stereocenters. The minimum atomic E-state index is -3.49. The Kier molecular flexibility index (Phi) is 5.69. The minimum absolute atomic E-state index is 0.347. The van der Waals surface area contributed by atoms with Crippen LogP contribution >= 0.6 is 0 Å². The number of hydrogen-bond donors (Lipinski definition) is 0. The molecule has 7 nitrogen and oxygen atoms in total. The van der Waals surface area contributed by atoms with Gasteiger partial charge in [0.2, 0.25) is 10.0 Å². The third-order valence-corrected chi connectivity index (χ3v) is 7.12. The normalized spacial score (nSPS) is 15.2. The Balaban J connectivity index is 1.48. The average Bonchev–Trinajstić information content (AvgIpc) is 2.79. The Hall–Kier alpha value is -2.97. The van der Waals surface area contributed by atoms with Crippen molar-refractivity contribution in [3.8, 4) is 17.0 Å². The lowest BCUT2D eigenvalue weighted by atomic mass is 10.1. The van der Waals surface area contributed by atoms with Crippen LogP contribution in [0.15, 0.2) is 65.8 Å². The molecule has 0 spiro atoms. The van der Waals surface area contributed by atoms with Gasteiger partial charge in [-0.05, 0) is 48.9 Å². The van der Waals surface area contributed by atoms with Gasteiger partial charge in [0.05, 0.1) is 17.7 Å². The van der Waals surface area contributed by atoms with Gasteiger partial charge in [-0.25, -0.2) is 18.4 Å². The maximum atomic E-state index is 12.9. The number of hydrogen-bond acceptors (Lipinski definition) is 6. The fourth-order valence-electron chi connectivity index (χ4n) is 3.52. The molecular weight excluding hydrogens is 400 g/mol. The first kappa shape index (κ1) is 20.3. The van der Waals surface area contributed by atoms with Crippen molar-refractivity contribution in [1.29, 1.82) is 0 Å². The van der Waals surface area contributed by atoms with E-state index < -0.39 is 10.0 Å². The number of aromatic nitrogens is 2. The zero-order valence-corrected chi connectivity index (χ0v) is 17.8. The standard InChI is InChI=1S/C22H24N4O3S/c1-17-4-3-5-20(14-17)30(27,28)26-12-10-25(11-13-26)22-15-21(23-16-24-22)18-6-8-19(29-2)9-7-18/h3-9,14-16H,10-13H2,1-2H3. The topological polar surface area (TPSA) is 75.6 Å². The van der Waals surface area contributed by atoms with Crippen molar-refractivity contribution in [3.05, 3.63) is 66.5 Å². The highest BCUT2D eigenvalue weighted by atomic mass is 32.2. The van der Waals surface area contributed by atoms with Crippen molar-refractivity contribution >= 4 is 15.8 Å². The lowest BCUT2D eigenvalue weighted by molar-refractivity contribution is 0.383. The monoisotopic (exact) mass is 424 g/mol. The molecule has 2 aromatic carbocycles. The van der Waals surface area contributed by atoms with E-state index in [1.807, 2.05) is 43.3 Å². The molecule has 8 heteroatoms. The van der Waals surface area contributed by atoms with Crippen molar-refractivity contribution in [1.82, 2.24) is 14.3 Å². The number of anilines is 1. The van der Waals surface area contributed by atoms with Gasteiger partial charge in [-0.2, -0.15) is 4.31 Å². The summed E-state index contributed by atoms with van der Waals surface area (Å²) in [5.74, 6) is 1.59. The van der Waals surface area contributed by atoms with Crippen LogP contribution in [0, 0.1) is 6.92 Å². The van der Waals surface area contributed by atoms with E-state index in [4.69, 9.17) is 4.74 Å². The molecule has 0 N–H and O–H groups in total. The third-order valence-electron chi connectivity index (χ3n) is 5.23. The van der Waals surface area contributed by atoms with Crippen LogP contribution in [0.4, 0.5) is 5.82 Å². The molecule has 0 aliphatic carbocycles. The first-order valence-electron chi connectivity index (χ1n) is 9.75. The van der Waals surface area contributed by atoms with Crippen LogP contribution in [-0.4, -0.2) is 56.0 Å². The fourth-order valence-corrected chi connectivity index (χ4v) is 5.05. The van der Waals surface area contributed by atoms with E-state index in [1.165, 1.54) is 0 Å². The molecule has 30 heavy (non-hydrogen) atoms. The van der Waals surface area contributed by atoms with Crippen LogP contribution in [0.3, 0.4) is 0 Å². The molecule has 3 aromatic rings. The SMILES string of the molecule is COc1ccc(-c2cc(N3CCN(S(=O)(=O)c4cccc(C)c4)CC3)ncn2)cc1. The van der Waals surface area contributed by atoms with Crippen molar-refractivity contribution < 1.29 is 13.2 Å². The summed E-state index contributed by atoms with van der Waals surface area (Å²) in [7, 11) is -1.85. The number of methoxy groups -OCH3 is 1. The fraction of sp³-hybridized carbons (Fsp3) is 0.273. The molecule has 4 rings (SSSR count). The van der Waals surface area contributed by atoms with Crippen LogP contribution in [0.2, 0.25) is 0 Å². The summed E-state index contributed by atoms with van der Waals surface area (Å²) in [6.45, 7) is 3.87. The van der Waals surface area contributed by atoms with E-state index in [-0.39, 0.29) is 0 Å². The number of piperazine rings is 1. The third kappa shape index (κ3) is 4.15. The molecule has 0 bridgehead atoms. The number of sulfonamides is 1. The maximum Gasteiger partial charge on any atom is 0.243 e. The Labute approximate surface area is 177 Å². The molecule has 1 aliphatic rings. The molecule has 156 valence electrons. The predicted molar refractivity (Wildman–Crippen MR) is 116 cm³/mol. The van der Waals surface area contributed by atoms with E-state index in [2.05, 4.69) is 14.9 Å². The van der Waals surface area contributed by atoms with Crippen LogP contribution in [-0.2, 0) is 10.0 Å². The van der Waals surface area contributed by atoms with Crippen molar-refractivity contribution in [2.24, 2.45) is 0 Å². The molecule has 0 saturated carbocycles.